The number of nitrogens with zero attached hydrogens (tertiary/aromatic N) is 3. The van der Waals surface area contributed by atoms with Gasteiger partial charge in [-0.25, -0.2) is 4.98 Å². The summed E-state index contributed by atoms with van der Waals surface area (Å²) in [6, 6.07) is 26.2. The molecule has 0 aliphatic heterocycles. The molecule has 0 radical (unpaired) electrons. The molecule has 4 heteroatoms. The second-order valence-electron chi connectivity index (χ2n) is 17.9. The molecule has 0 spiro atoms. The van der Waals surface area contributed by atoms with Gasteiger partial charge in [0.05, 0.1) is 33.5 Å². The highest BCUT2D eigenvalue weighted by Gasteiger charge is 2.30. The molecular weight excluding hydrogens is 767 g/mol. The van der Waals surface area contributed by atoms with E-state index in [2.05, 4.69) is 4.98 Å². The second-order valence-corrected chi connectivity index (χ2v) is 17.9. The van der Waals surface area contributed by atoms with E-state index < -0.39 is 128 Å². The Morgan fingerprint density at radius 2 is 1.24 bits per heavy atom. The minimum Gasteiger partial charge on any atom is -0.507 e. The maximum atomic E-state index is 13.1. The van der Waals surface area contributed by atoms with Gasteiger partial charge in [0.25, 0.3) is 0 Å². The van der Waals surface area contributed by atoms with Crippen molar-refractivity contribution in [1.82, 2.24) is 14.5 Å². The van der Waals surface area contributed by atoms with E-state index in [4.69, 9.17) is 39.3 Å². The van der Waals surface area contributed by atoms with E-state index in [0.29, 0.717) is 33.9 Å². The third-order valence-corrected chi connectivity index (χ3v) is 11.1. The lowest BCUT2D eigenvalue weighted by molar-refractivity contribution is 0.446. The number of fused-ring (bicyclic) bond motifs is 1. The van der Waals surface area contributed by atoms with E-state index in [-0.39, 0.29) is 39.6 Å². The van der Waals surface area contributed by atoms with Crippen molar-refractivity contribution in [2.75, 3.05) is 0 Å². The van der Waals surface area contributed by atoms with Crippen LogP contribution in [0.25, 0.3) is 72.7 Å². The third-order valence-electron chi connectivity index (χ3n) is 11.1. The molecule has 0 aliphatic carbocycles. The Labute approximate surface area is 410 Å². The van der Waals surface area contributed by atoms with E-state index in [1.165, 1.54) is 22.9 Å². The minimum atomic E-state index is -4.20. The third kappa shape index (κ3) is 8.61. The van der Waals surface area contributed by atoms with E-state index >= 15 is 0 Å². The molecule has 8 rings (SSSR count). The highest BCUT2D eigenvalue weighted by atomic mass is 16.3. The van der Waals surface area contributed by atoms with Crippen LogP contribution in [0.4, 0.5) is 0 Å². The van der Waals surface area contributed by atoms with Crippen LogP contribution in [-0.2, 0) is 21.7 Å². The zero-order valence-corrected chi connectivity index (χ0v) is 35.8. The number of pyridine rings is 1. The topological polar surface area (TPSA) is 50.9 Å². The van der Waals surface area contributed by atoms with Crippen LogP contribution in [-0.4, -0.2) is 19.6 Å². The summed E-state index contributed by atoms with van der Waals surface area (Å²) in [5.41, 5.74) is -9.41. The number of para-hydroxylation sites is 1. The first-order valence-corrected chi connectivity index (χ1v) is 20.3. The smallest absolute Gasteiger partial charge is 0.149 e. The molecule has 0 saturated heterocycles. The van der Waals surface area contributed by atoms with Crippen molar-refractivity contribution < 1.29 is 39.4 Å². The molecule has 0 fully saturated rings. The fraction of sp³-hybridized carbons (Fsp3) is 0.288. The van der Waals surface area contributed by atoms with Crippen LogP contribution in [0.5, 0.6) is 5.75 Å². The molecule has 2 aromatic heterocycles. The summed E-state index contributed by atoms with van der Waals surface area (Å²) in [5, 5.41) is 13.1. The molecule has 0 unspecified atom stereocenters. The number of aromatic nitrogens is 3. The fourth-order valence-electron chi connectivity index (χ4n) is 7.77. The Morgan fingerprint density at radius 3 is 1.92 bits per heavy atom. The van der Waals surface area contributed by atoms with Crippen LogP contribution >= 0.6 is 0 Å². The molecule has 0 bridgehead atoms. The van der Waals surface area contributed by atoms with E-state index in [1.54, 1.807) is 36.4 Å². The maximum Gasteiger partial charge on any atom is 0.149 e. The van der Waals surface area contributed by atoms with Crippen LogP contribution in [0.2, 0.25) is 0 Å². The standard InChI is InChI=1S/C59H63N3O/c1-37-22-24-39(25-23-37)41-28-29-60-50(34-41)43-30-42(31-44(32-43)56(2,3)4)46-20-17-21-52-53(46)61-55(47-35-45(57(5,6)7)36-49(54(47)63)59(11,12)13)62(52)51-27-26-40(33-48(51)58(8,9)10)38-18-15-14-16-19-38/h14-36,63H,1-13H3/i1D3,5D3,6D3,7D3,11D3,12D3,13D3,22D,23D,24D,25D. The molecule has 0 aliphatic rings. The largest absolute Gasteiger partial charge is 0.507 e. The summed E-state index contributed by atoms with van der Waals surface area (Å²) in [6.45, 7) is -16.4. The monoisotopic (exact) mass is 855 g/mol. The lowest BCUT2D eigenvalue weighted by Gasteiger charge is -2.28. The molecular formula is C59H63N3O. The van der Waals surface area contributed by atoms with Gasteiger partial charge in [0.15, 0.2) is 0 Å². The van der Waals surface area contributed by atoms with Crippen molar-refractivity contribution in [2.24, 2.45) is 0 Å². The first-order chi connectivity index (χ1) is 40.0. The summed E-state index contributed by atoms with van der Waals surface area (Å²) in [5.74, 6) is -1.91. The zero-order chi connectivity index (χ0) is 66.2. The van der Waals surface area contributed by atoms with Crippen molar-refractivity contribution in [1.29, 1.82) is 0 Å². The molecule has 2 heterocycles. The van der Waals surface area contributed by atoms with Gasteiger partial charge < -0.3 is 5.11 Å². The van der Waals surface area contributed by atoms with E-state index in [9.17, 15) is 5.11 Å². The first kappa shape index (κ1) is 22.4. The van der Waals surface area contributed by atoms with Gasteiger partial charge in [-0.05, 0) is 122 Å². The summed E-state index contributed by atoms with van der Waals surface area (Å²) >= 11 is 0. The van der Waals surface area contributed by atoms with Gasteiger partial charge in [0.1, 0.15) is 11.6 Å². The predicted molar refractivity (Wildman–Crippen MR) is 267 cm³/mol. The average molecular weight is 855 g/mol. The van der Waals surface area contributed by atoms with Crippen LogP contribution in [0, 0.1) is 6.85 Å². The van der Waals surface area contributed by atoms with Crippen LogP contribution in [0.1, 0.15) is 145 Å². The molecule has 4 nitrogen and oxygen atoms in total. The highest BCUT2D eigenvalue weighted by Crippen LogP contribution is 2.46. The first-order valence-electron chi connectivity index (χ1n) is 32.8. The number of hydrogen-bond donors (Lipinski definition) is 1. The van der Waals surface area contributed by atoms with Gasteiger partial charge in [-0.1, -0.05) is 173 Å². The van der Waals surface area contributed by atoms with E-state index in [1.807, 2.05) is 90.1 Å². The van der Waals surface area contributed by atoms with Gasteiger partial charge in [0, 0.05) is 51.7 Å². The van der Waals surface area contributed by atoms with Gasteiger partial charge in [-0.15, -0.1) is 0 Å². The van der Waals surface area contributed by atoms with Crippen LogP contribution in [0.3, 0.4) is 0 Å². The Kier molecular flexibility index (Phi) is 5.62. The molecule has 0 amide bonds. The van der Waals surface area contributed by atoms with Crippen LogP contribution < -0.4 is 0 Å². The van der Waals surface area contributed by atoms with Gasteiger partial charge in [0.2, 0.25) is 0 Å². The lowest BCUT2D eigenvalue weighted by atomic mass is 9.78. The van der Waals surface area contributed by atoms with Crippen molar-refractivity contribution >= 4 is 11.0 Å². The SMILES string of the molecule is [2H]c1c([2H])c(C([2H])([2H])[2H])c([2H])c([2H])c1-c1ccnc(-c2cc(-c3cccc4c3nc(-c3cc(C(C([2H])([2H])[2H])(C([2H])([2H])[2H])C([2H])([2H])[2H])cc(C(C([2H])([2H])[2H])(C([2H])([2H])[2H])C([2H])([2H])[2H])c3O)n4-c3ccc(-c4ccccc4)cc3C(C)(C)C)cc(C(C)(C)C)c2)c1. The number of imidazole rings is 1. The maximum absolute atomic E-state index is 13.1. The number of hydrogen-bond acceptors (Lipinski definition) is 3. The van der Waals surface area contributed by atoms with Crippen molar-refractivity contribution in [2.45, 2.75) is 111 Å². The summed E-state index contributed by atoms with van der Waals surface area (Å²) < 4.78 is 218. The van der Waals surface area contributed by atoms with Gasteiger partial charge in [-0.2, -0.15) is 0 Å². The minimum absolute atomic E-state index is 0.0648. The predicted octanol–water partition coefficient (Wildman–Crippen LogP) is 16.0. The quantitative estimate of drug-likeness (QED) is 0.181. The summed E-state index contributed by atoms with van der Waals surface area (Å²) in [7, 11) is 0. The highest BCUT2D eigenvalue weighted by molar-refractivity contribution is 5.97. The number of phenols is 1. The molecule has 63 heavy (non-hydrogen) atoms. The van der Waals surface area contributed by atoms with E-state index in [0.717, 1.165) is 11.1 Å². The number of phenolic OH excluding ortho intramolecular Hbond substituents is 1. The van der Waals surface area contributed by atoms with Crippen molar-refractivity contribution in [3.8, 4) is 67.5 Å². The van der Waals surface area contributed by atoms with Gasteiger partial charge >= 0.3 is 0 Å². The van der Waals surface area contributed by atoms with Crippen LogP contribution in [0.15, 0.2) is 140 Å². The fourth-order valence-corrected chi connectivity index (χ4v) is 7.77. The molecule has 8 aromatic rings. The summed E-state index contributed by atoms with van der Waals surface area (Å²) in [6.07, 6.45) is 1.38. The normalized spacial score (nSPS) is 19.8. The molecule has 6 aromatic carbocycles. The Hall–Kier alpha value is -6.26. The van der Waals surface area contributed by atoms with Gasteiger partial charge in [-0.3, -0.25) is 9.55 Å². The lowest BCUT2D eigenvalue weighted by Crippen LogP contribution is -2.18. The molecule has 0 atom stereocenters. The number of aromatic hydroxyl groups is 1. The number of rotatable bonds is 6. The average Bonchev–Trinajstić information content (AvgIpc) is 1.16. The second kappa shape index (κ2) is 15.8. The Morgan fingerprint density at radius 1 is 0.540 bits per heavy atom. The van der Waals surface area contributed by atoms with Crippen molar-refractivity contribution in [3.63, 3.8) is 0 Å². The Bertz CT molecular complexity index is 3910. The zero-order valence-electron chi connectivity index (χ0n) is 60.8. The Balaban J connectivity index is 1.59. The molecule has 1 N–H and O–H groups in total. The summed E-state index contributed by atoms with van der Waals surface area (Å²) in [4.78, 5) is 9.80. The molecule has 320 valence electrons. The van der Waals surface area contributed by atoms with Crippen molar-refractivity contribution in [3.05, 3.63) is 167 Å². The molecule has 0 saturated carbocycles. The number of benzene rings is 6.